The zero-order chi connectivity index (χ0) is 21.9. The first kappa shape index (κ1) is 21.2. The maximum Gasteiger partial charge on any atom is 0.407 e. The number of carbonyl (C=O) groups is 3. The fraction of sp³-hybridized carbons (Fsp3) is 0.421. The molecule has 0 bridgehead atoms. The average Bonchev–Trinajstić information content (AvgIpc) is 3.06. The topological polar surface area (TPSA) is 127 Å². The molecule has 30 heavy (non-hydrogen) atoms. The van der Waals surface area contributed by atoms with Gasteiger partial charge < -0.3 is 20.2 Å². The van der Waals surface area contributed by atoms with Crippen molar-refractivity contribution in [2.45, 2.75) is 24.8 Å². The van der Waals surface area contributed by atoms with Crippen molar-refractivity contribution < 1.29 is 28.3 Å². The lowest BCUT2D eigenvalue weighted by Crippen LogP contribution is -2.43. The number of nitrogens with one attached hydrogen (secondary N) is 1. The Hall–Kier alpha value is -3.55. The summed E-state index contributed by atoms with van der Waals surface area (Å²) in [6, 6.07) is 1.91. The molecule has 1 aromatic rings. The lowest BCUT2D eigenvalue weighted by molar-refractivity contribution is -0.131. The van der Waals surface area contributed by atoms with Gasteiger partial charge in [0.05, 0.1) is 19.2 Å². The summed E-state index contributed by atoms with van der Waals surface area (Å²) < 4.78 is 27.0. The van der Waals surface area contributed by atoms with Crippen LogP contribution in [0, 0.1) is 11.3 Å². The molecule has 11 heteroatoms. The van der Waals surface area contributed by atoms with Crippen LogP contribution in [0.1, 0.15) is 28.8 Å². The van der Waals surface area contributed by atoms with Crippen molar-refractivity contribution in [3.8, 4) is 6.07 Å². The normalized spacial score (nSPS) is 20.3. The highest BCUT2D eigenvalue weighted by atomic mass is 19.3. The molecule has 1 aromatic heterocycles. The minimum atomic E-state index is -3.13. The molecular weight excluding hydrogens is 400 g/mol. The average molecular weight is 419 g/mol. The van der Waals surface area contributed by atoms with Gasteiger partial charge in [-0.25, -0.2) is 13.6 Å². The second-order valence-corrected chi connectivity index (χ2v) is 7.04. The lowest BCUT2D eigenvalue weighted by atomic mass is 9.96. The predicted molar refractivity (Wildman–Crippen MR) is 99.4 cm³/mol. The molecule has 3 rings (SSSR count). The molecule has 2 aliphatic heterocycles. The lowest BCUT2D eigenvalue weighted by Gasteiger charge is -2.24. The van der Waals surface area contributed by atoms with Crippen LogP contribution in [0.3, 0.4) is 0 Å². The van der Waals surface area contributed by atoms with Crippen LogP contribution in [-0.4, -0.2) is 75.9 Å². The van der Waals surface area contributed by atoms with Gasteiger partial charge in [0.1, 0.15) is 6.04 Å². The molecule has 2 N–H and O–H groups in total. The zero-order valence-corrected chi connectivity index (χ0v) is 15.8. The fourth-order valence-corrected chi connectivity index (χ4v) is 3.48. The van der Waals surface area contributed by atoms with E-state index >= 15 is 0 Å². The van der Waals surface area contributed by atoms with E-state index < -0.39 is 49.4 Å². The summed E-state index contributed by atoms with van der Waals surface area (Å²) >= 11 is 0. The Kier molecular flexibility index (Phi) is 5.96. The molecule has 0 radical (unpaired) electrons. The molecule has 0 unspecified atom stereocenters. The van der Waals surface area contributed by atoms with E-state index in [-0.39, 0.29) is 18.7 Å². The molecule has 0 aliphatic carbocycles. The van der Waals surface area contributed by atoms with Gasteiger partial charge >= 0.3 is 6.09 Å². The first-order chi connectivity index (χ1) is 14.2. The van der Waals surface area contributed by atoms with E-state index in [4.69, 9.17) is 10.4 Å². The van der Waals surface area contributed by atoms with Crippen molar-refractivity contribution >= 4 is 23.5 Å². The van der Waals surface area contributed by atoms with E-state index in [1.54, 1.807) is 12.1 Å². The van der Waals surface area contributed by atoms with Gasteiger partial charge in [-0.05, 0) is 18.1 Å². The monoisotopic (exact) mass is 419 g/mol. The highest BCUT2D eigenvalue weighted by molar-refractivity contribution is 6.00. The molecule has 1 saturated heterocycles. The zero-order valence-electron chi connectivity index (χ0n) is 15.8. The number of likely N-dealkylation sites (tertiary alicyclic amines) is 1. The number of carboxylic acid groups (broad SMARTS) is 1. The molecule has 158 valence electrons. The van der Waals surface area contributed by atoms with Gasteiger partial charge in [-0.2, -0.15) is 5.26 Å². The number of rotatable bonds is 4. The molecule has 0 aromatic carbocycles. The summed E-state index contributed by atoms with van der Waals surface area (Å²) in [5, 5.41) is 20.4. The van der Waals surface area contributed by atoms with Crippen LogP contribution in [0.4, 0.5) is 13.6 Å². The van der Waals surface area contributed by atoms with Crippen molar-refractivity contribution in [1.82, 2.24) is 20.1 Å². The summed E-state index contributed by atoms with van der Waals surface area (Å²) in [6.45, 7) is -0.930. The number of halogens is 2. The summed E-state index contributed by atoms with van der Waals surface area (Å²) in [5.41, 5.74) is 1.49. The molecule has 0 saturated carbocycles. The second kappa shape index (κ2) is 8.44. The van der Waals surface area contributed by atoms with E-state index in [2.05, 4.69) is 10.3 Å². The molecule has 9 nitrogen and oxygen atoms in total. The summed E-state index contributed by atoms with van der Waals surface area (Å²) in [7, 11) is 0. The van der Waals surface area contributed by atoms with Gasteiger partial charge in [0.2, 0.25) is 5.91 Å². The highest BCUT2D eigenvalue weighted by Crippen LogP contribution is 2.31. The number of nitriles is 1. The maximum absolute atomic E-state index is 13.5. The Balaban J connectivity index is 1.68. The van der Waals surface area contributed by atoms with E-state index in [9.17, 15) is 23.2 Å². The number of carbonyl (C=O) groups excluding carboxylic acids is 2. The first-order valence-corrected chi connectivity index (χ1v) is 9.18. The number of hydrogen-bond acceptors (Lipinski definition) is 5. The van der Waals surface area contributed by atoms with Gasteiger partial charge in [0, 0.05) is 43.0 Å². The number of amides is 3. The number of alkyl halides is 2. The van der Waals surface area contributed by atoms with E-state index in [1.165, 1.54) is 23.4 Å². The quantitative estimate of drug-likeness (QED) is 0.758. The predicted octanol–water partition coefficient (Wildman–Crippen LogP) is 1.34. The minimum Gasteiger partial charge on any atom is -0.465 e. The van der Waals surface area contributed by atoms with Crippen LogP contribution < -0.4 is 5.32 Å². The van der Waals surface area contributed by atoms with Crippen LogP contribution in [0.2, 0.25) is 0 Å². The van der Waals surface area contributed by atoms with Gasteiger partial charge in [0.15, 0.2) is 0 Å². The Morgan fingerprint density at radius 1 is 1.40 bits per heavy atom. The first-order valence-electron chi connectivity index (χ1n) is 9.18. The Morgan fingerprint density at radius 2 is 2.17 bits per heavy atom. The summed E-state index contributed by atoms with van der Waals surface area (Å²) in [4.78, 5) is 41.9. The third kappa shape index (κ3) is 4.53. The van der Waals surface area contributed by atoms with Crippen molar-refractivity contribution in [3.63, 3.8) is 0 Å². The molecule has 2 aliphatic rings. The Labute approximate surface area is 170 Å². The smallest absolute Gasteiger partial charge is 0.407 e. The van der Waals surface area contributed by atoms with E-state index in [1.807, 2.05) is 0 Å². The number of aromatic nitrogens is 1. The van der Waals surface area contributed by atoms with E-state index in [0.29, 0.717) is 12.0 Å². The standard InChI is InChI=1S/C19H19F2N5O4/c20-19(21)7-13(8-22)26(11-19)16(27)10-24-17(28)14-1-4-23-9-15(14)12-2-5-25(6-3-12)18(29)30/h1-2,4,9,13H,3,5-7,10-11H2,(H,24,28)(H,29,30)/t13-/m0/s1. The van der Waals surface area contributed by atoms with Crippen LogP contribution >= 0.6 is 0 Å². The second-order valence-electron chi connectivity index (χ2n) is 7.04. The van der Waals surface area contributed by atoms with Crippen LogP contribution in [-0.2, 0) is 4.79 Å². The number of hydrogen-bond donors (Lipinski definition) is 2. The number of pyridine rings is 1. The summed E-state index contributed by atoms with van der Waals surface area (Å²) in [6.07, 6.45) is 3.21. The highest BCUT2D eigenvalue weighted by Gasteiger charge is 2.47. The van der Waals surface area contributed by atoms with Crippen LogP contribution in [0.5, 0.6) is 0 Å². The molecule has 1 fully saturated rings. The van der Waals surface area contributed by atoms with Gasteiger partial charge in [-0.3, -0.25) is 14.6 Å². The molecule has 3 amide bonds. The van der Waals surface area contributed by atoms with Crippen LogP contribution in [0.15, 0.2) is 24.5 Å². The van der Waals surface area contributed by atoms with Crippen molar-refractivity contribution in [1.29, 1.82) is 5.26 Å². The fourth-order valence-electron chi connectivity index (χ4n) is 3.48. The molecule has 0 spiro atoms. The van der Waals surface area contributed by atoms with E-state index in [0.717, 1.165) is 10.5 Å². The molecule has 1 atom stereocenters. The maximum atomic E-state index is 13.5. The minimum absolute atomic E-state index is 0.178. The largest absolute Gasteiger partial charge is 0.465 e. The Morgan fingerprint density at radius 3 is 2.80 bits per heavy atom. The van der Waals surface area contributed by atoms with Crippen molar-refractivity contribution in [2.24, 2.45) is 0 Å². The SMILES string of the molecule is N#C[C@@H]1CC(F)(F)CN1C(=O)CNC(=O)c1ccncc1C1=CCN(C(=O)O)CC1. The van der Waals surface area contributed by atoms with Gasteiger partial charge in [0.25, 0.3) is 11.8 Å². The van der Waals surface area contributed by atoms with Gasteiger partial charge in [-0.15, -0.1) is 0 Å². The molecule has 3 heterocycles. The number of nitrogens with zero attached hydrogens (tertiary/aromatic N) is 4. The van der Waals surface area contributed by atoms with Gasteiger partial charge in [-0.1, -0.05) is 6.08 Å². The van der Waals surface area contributed by atoms with Crippen LogP contribution in [0.25, 0.3) is 5.57 Å². The molecular formula is C19H19F2N5O4. The van der Waals surface area contributed by atoms with Crippen molar-refractivity contribution in [3.05, 3.63) is 35.7 Å². The Bertz CT molecular complexity index is 943. The van der Waals surface area contributed by atoms with Crippen molar-refractivity contribution in [2.75, 3.05) is 26.2 Å². The third-order valence-corrected chi connectivity index (χ3v) is 5.03. The summed E-state index contributed by atoms with van der Waals surface area (Å²) in [5.74, 6) is -4.49. The third-order valence-electron chi connectivity index (χ3n) is 5.03.